The number of nitrogens with zero attached hydrogens (tertiary/aromatic N) is 1. The fourth-order valence-corrected chi connectivity index (χ4v) is 2.70. The van der Waals surface area contributed by atoms with E-state index in [9.17, 15) is 4.79 Å². The molecule has 2 aromatic rings. The molecule has 0 radical (unpaired) electrons. The van der Waals surface area contributed by atoms with Gasteiger partial charge >= 0.3 is 0 Å². The molecule has 0 saturated heterocycles. The number of halogens is 1. The molecule has 0 aliphatic heterocycles. The lowest BCUT2D eigenvalue weighted by Crippen LogP contribution is -2.34. The maximum atomic E-state index is 12.3. The zero-order valence-corrected chi connectivity index (χ0v) is 15.0. The lowest BCUT2D eigenvalue weighted by Gasteiger charge is -2.25. The zero-order valence-electron chi connectivity index (χ0n) is 14.3. The van der Waals surface area contributed by atoms with E-state index in [-0.39, 0.29) is 11.9 Å². The minimum Gasteiger partial charge on any atom is -0.494 e. The van der Waals surface area contributed by atoms with E-state index in [0.717, 1.165) is 11.3 Å². The summed E-state index contributed by atoms with van der Waals surface area (Å²) in [5.41, 5.74) is 1.60. The first-order valence-corrected chi connectivity index (χ1v) is 8.32. The summed E-state index contributed by atoms with van der Waals surface area (Å²) < 4.78 is 5.47. The van der Waals surface area contributed by atoms with Gasteiger partial charge in [-0.2, -0.15) is 0 Å². The topological polar surface area (TPSA) is 41.6 Å². The van der Waals surface area contributed by atoms with E-state index < -0.39 is 0 Å². The first-order chi connectivity index (χ1) is 11.5. The maximum Gasteiger partial charge on any atom is 0.252 e. The second-order valence-corrected chi connectivity index (χ2v) is 6.08. The molecule has 4 nitrogen and oxygen atoms in total. The van der Waals surface area contributed by atoms with Crippen LogP contribution in [-0.2, 0) is 0 Å². The van der Waals surface area contributed by atoms with Crippen molar-refractivity contribution in [2.75, 3.05) is 27.2 Å². The first kappa shape index (κ1) is 18.3. The van der Waals surface area contributed by atoms with Crippen LogP contribution in [0.2, 0.25) is 5.02 Å². The van der Waals surface area contributed by atoms with Crippen molar-refractivity contribution in [2.45, 2.75) is 13.0 Å². The van der Waals surface area contributed by atoms with E-state index >= 15 is 0 Å². The SMILES string of the molecule is CCOc1ccc(C(CNC(=O)c2ccccc2Cl)N(C)C)cc1. The van der Waals surface area contributed by atoms with Crippen molar-refractivity contribution in [3.8, 4) is 5.75 Å². The van der Waals surface area contributed by atoms with Gasteiger partial charge in [-0.3, -0.25) is 4.79 Å². The molecular formula is C19H23ClN2O2. The van der Waals surface area contributed by atoms with E-state index in [1.54, 1.807) is 18.2 Å². The van der Waals surface area contributed by atoms with Crippen LogP contribution in [0.5, 0.6) is 5.75 Å². The number of rotatable bonds is 7. The lowest BCUT2D eigenvalue weighted by atomic mass is 10.1. The summed E-state index contributed by atoms with van der Waals surface area (Å²) in [4.78, 5) is 14.4. The molecule has 1 N–H and O–H groups in total. The van der Waals surface area contributed by atoms with Gasteiger partial charge in [-0.1, -0.05) is 35.9 Å². The number of amides is 1. The van der Waals surface area contributed by atoms with Gasteiger partial charge in [-0.15, -0.1) is 0 Å². The molecule has 24 heavy (non-hydrogen) atoms. The van der Waals surface area contributed by atoms with Crippen LogP contribution in [0.15, 0.2) is 48.5 Å². The molecule has 0 aliphatic carbocycles. The number of ether oxygens (including phenoxy) is 1. The van der Waals surface area contributed by atoms with E-state index in [1.807, 2.05) is 51.4 Å². The average Bonchev–Trinajstić information content (AvgIpc) is 2.56. The highest BCUT2D eigenvalue weighted by atomic mass is 35.5. The lowest BCUT2D eigenvalue weighted by molar-refractivity contribution is 0.0942. The number of benzene rings is 2. The molecule has 2 aromatic carbocycles. The van der Waals surface area contributed by atoms with Crippen molar-refractivity contribution in [1.82, 2.24) is 10.2 Å². The highest BCUT2D eigenvalue weighted by Gasteiger charge is 2.17. The Morgan fingerprint density at radius 3 is 2.42 bits per heavy atom. The van der Waals surface area contributed by atoms with Gasteiger partial charge < -0.3 is 15.0 Å². The van der Waals surface area contributed by atoms with E-state index in [4.69, 9.17) is 16.3 Å². The quantitative estimate of drug-likeness (QED) is 0.829. The number of likely N-dealkylation sites (N-methyl/N-ethyl adjacent to an activating group) is 1. The molecule has 0 spiro atoms. The van der Waals surface area contributed by atoms with Crippen LogP contribution in [0.4, 0.5) is 0 Å². The third-order valence-corrected chi connectivity index (χ3v) is 4.10. The van der Waals surface area contributed by atoms with Crippen LogP contribution in [0.25, 0.3) is 0 Å². The van der Waals surface area contributed by atoms with E-state index in [0.29, 0.717) is 23.7 Å². The summed E-state index contributed by atoms with van der Waals surface area (Å²) >= 11 is 6.08. The molecule has 5 heteroatoms. The van der Waals surface area contributed by atoms with Crippen molar-refractivity contribution < 1.29 is 9.53 Å². The van der Waals surface area contributed by atoms with Gasteiger partial charge in [0.2, 0.25) is 0 Å². The van der Waals surface area contributed by atoms with Crippen LogP contribution in [0.3, 0.4) is 0 Å². The number of nitrogens with one attached hydrogen (secondary N) is 1. The number of hydrogen-bond donors (Lipinski definition) is 1. The molecule has 0 bridgehead atoms. The molecule has 128 valence electrons. The molecule has 0 aliphatic rings. The van der Waals surface area contributed by atoms with E-state index in [2.05, 4.69) is 10.2 Å². The molecule has 1 atom stereocenters. The summed E-state index contributed by atoms with van der Waals surface area (Å²) in [6.07, 6.45) is 0. The van der Waals surface area contributed by atoms with Crippen LogP contribution < -0.4 is 10.1 Å². The summed E-state index contributed by atoms with van der Waals surface area (Å²) in [5.74, 6) is 0.678. The van der Waals surface area contributed by atoms with Gasteiger partial charge in [-0.25, -0.2) is 0 Å². The minimum atomic E-state index is -0.168. The fourth-order valence-electron chi connectivity index (χ4n) is 2.48. The van der Waals surface area contributed by atoms with Crippen molar-refractivity contribution in [1.29, 1.82) is 0 Å². The second-order valence-electron chi connectivity index (χ2n) is 5.67. The monoisotopic (exact) mass is 346 g/mol. The zero-order chi connectivity index (χ0) is 17.5. The largest absolute Gasteiger partial charge is 0.494 e. The van der Waals surface area contributed by atoms with Crippen molar-refractivity contribution >= 4 is 17.5 Å². The highest BCUT2D eigenvalue weighted by molar-refractivity contribution is 6.33. The predicted molar refractivity (Wildman–Crippen MR) is 97.8 cm³/mol. The maximum absolute atomic E-state index is 12.3. The summed E-state index contributed by atoms with van der Waals surface area (Å²) in [5, 5.41) is 3.42. The molecule has 0 fully saturated rings. The molecule has 1 unspecified atom stereocenters. The molecular weight excluding hydrogens is 324 g/mol. The molecule has 0 saturated carbocycles. The smallest absolute Gasteiger partial charge is 0.252 e. The minimum absolute atomic E-state index is 0.0621. The summed E-state index contributed by atoms with van der Waals surface area (Å²) in [6, 6.07) is 15.1. The Balaban J connectivity index is 2.06. The second kappa shape index (κ2) is 8.71. The van der Waals surface area contributed by atoms with Crippen molar-refractivity contribution in [3.05, 3.63) is 64.7 Å². The number of carbonyl (C=O) groups excluding carboxylic acids is 1. The van der Waals surface area contributed by atoms with Gasteiger partial charge in [0, 0.05) is 6.54 Å². The molecule has 0 aromatic heterocycles. The Kier molecular flexibility index (Phi) is 6.64. The normalized spacial score (nSPS) is 12.0. The van der Waals surface area contributed by atoms with Crippen LogP contribution in [0.1, 0.15) is 28.9 Å². The van der Waals surface area contributed by atoms with Gasteiger partial charge in [0.05, 0.1) is 23.2 Å². The average molecular weight is 347 g/mol. The predicted octanol–water partition coefficient (Wildman–Crippen LogP) is 3.77. The molecule has 1 amide bonds. The number of carbonyl (C=O) groups is 1. The summed E-state index contributed by atoms with van der Waals surface area (Å²) in [7, 11) is 3.98. The Labute approximate surface area is 148 Å². The number of hydrogen-bond acceptors (Lipinski definition) is 3. The molecule has 0 heterocycles. The third-order valence-electron chi connectivity index (χ3n) is 3.77. The Bertz CT molecular complexity index is 671. The summed E-state index contributed by atoms with van der Waals surface area (Å²) in [6.45, 7) is 3.09. The molecule has 2 rings (SSSR count). The van der Waals surface area contributed by atoms with Crippen LogP contribution >= 0.6 is 11.6 Å². The van der Waals surface area contributed by atoms with Crippen molar-refractivity contribution in [3.63, 3.8) is 0 Å². The van der Waals surface area contributed by atoms with Crippen molar-refractivity contribution in [2.24, 2.45) is 0 Å². The van der Waals surface area contributed by atoms with Gasteiger partial charge in [0.25, 0.3) is 5.91 Å². The van der Waals surface area contributed by atoms with Gasteiger partial charge in [-0.05, 0) is 50.8 Å². The highest BCUT2D eigenvalue weighted by Crippen LogP contribution is 2.21. The fraction of sp³-hybridized carbons (Fsp3) is 0.316. The third kappa shape index (κ3) is 4.73. The van der Waals surface area contributed by atoms with Crippen LogP contribution in [0, 0.1) is 0 Å². The van der Waals surface area contributed by atoms with Gasteiger partial charge in [0.15, 0.2) is 0 Å². The Morgan fingerprint density at radius 1 is 1.17 bits per heavy atom. The Morgan fingerprint density at radius 2 is 1.83 bits per heavy atom. The first-order valence-electron chi connectivity index (χ1n) is 7.94. The van der Waals surface area contributed by atoms with Crippen LogP contribution in [-0.4, -0.2) is 38.1 Å². The van der Waals surface area contributed by atoms with E-state index in [1.165, 1.54) is 0 Å². The standard InChI is InChI=1S/C19H23ClN2O2/c1-4-24-15-11-9-14(10-12-15)18(22(2)3)13-21-19(23)16-7-5-6-8-17(16)20/h5-12,18H,4,13H2,1-3H3,(H,21,23). The Hall–Kier alpha value is -2.04. The van der Waals surface area contributed by atoms with Gasteiger partial charge in [0.1, 0.15) is 5.75 Å².